The van der Waals surface area contributed by atoms with Gasteiger partial charge in [-0.3, -0.25) is 4.79 Å². The van der Waals surface area contributed by atoms with Crippen LogP contribution < -0.4 is 5.32 Å². The predicted molar refractivity (Wildman–Crippen MR) is 67.6 cm³/mol. The first-order valence-corrected chi connectivity index (χ1v) is 6.17. The fourth-order valence-electron chi connectivity index (χ4n) is 1.64. The van der Waals surface area contributed by atoms with Crippen LogP contribution in [0.4, 0.5) is 18.9 Å². The zero-order valence-corrected chi connectivity index (χ0v) is 11.1. The van der Waals surface area contributed by atoms with Crippen molar-refractivity contribution in [2.45, 2.75) is 25.9 Å². The number of amides is 1. The molecule has 1 aromatic carbocycles. The third-order valence-corrected chi connectivity index (χ3v) is 2.61. The topological polar surface area (TPSA) is 68.0 Å². The van der Waals surface area contributed by atoms with E-state index in [2.05, 4.69) is 10.2 Å². The molecule has 0 saturated carbocycles. The molecule has 1 amide bonds. The Bertz CT molecular complexity index is 638. The van der Waals surface area contributed by atoms with Crippen LogP contribution in [-0.2, 0) is 17.6 Å². The third-order valence-electron chi connectivity index (χ3n) is 2.61. The number of benzene rings is 1. The summed E-state index contributed by atoms with van der Waals surface area (Å²) < 4.78 is 41.9. The highest BCUT2D eigenvalue weighted by atomic mass is 19.4. The van der Waals surface area contributed by atoms with E-state index in [0.29, 0.717) is 23.8 Å². The molecule has 1 aromatic heterocycles. The van der Waals surface area contributed by atoms with Gasteiger partial charge >= 0.3 is 12.1 Å². The Hall–Kier alpha value is -2.38. The predicted octanol–water partition coefficient (Wildman–Crippen LogP) is 2.72. The normalized spacial score (nSPS) is 11.4. The van der Waals surface area contributed by atoms with Crippen LogP contribution in [0.5, 0.6) is 0 Å². The quantitative estimate of drug-likeness (QED) is 0.942. The van der Waals surface area contributed by atoms with E-state index in [1.54, 1.807) is 17.4 Å². The molecule has 0 saturated heterocycles. The van der Waals surface area contributed by atoms with Gasteiger partial charge in [0.05, 0.1) is 6.42 Å². The molecule has 0 unspecified atom stereocenters. The Labute approximate surface area is 118 Å². The van der Waals surface area contributed by atoms with E-state index in [0.717, 1.165) is 0 Å². The van der Waals surface area contributed by atoms with E-state index < -0.39 is 12.1 Å². The van der Waals surface area contributed by atoms with Crippen molar-refractivity contribution < 1.29 is 22.4 Å². The van der Waals surface area contributed by atoms with Gasteiger partial charge in [-0.05, 0) is 17.7 Å². The smallest absolute Gasteiger partial charge is 0.425 e. The molecule has 5 nitrogen and oxygen atoms in total. The third kappa shape index (κ3) is 4.04. The summed E-state index contributed by atoms with van der Waals surface area (Å²) >= 11 is 0. The van der Waals surface area contributed by atoms with Gasteiger partial charge in [-0.25, -0.2) is 0 Å². The second kappa shape index (κ2) is 5.94. The number of carbonyl (C=O) groups is 1. The summed E-state index contributed by atoms with van der Waals surface area (Å²) in [6.45, 7) is 1.87. The minimum Gasteiger partial charge on any atom is -0.425 e. The molecular weight excluding hydrogens is 287 g/mol. The van der Waals surface area contributed by atoms with Gasteiger partial charge in [0.25, 0.3) is 0 Å². The number of carbonyl (C=O) groups excluding carboxylic acids is 1. The number of halogens is 3. The molecule has 2 aromatic rings. The number of aryl methyl sites for hydroxylation is 1. The first-order chi connectivity index (χ1) is 9.88. The van der Waals surface area contributed by atoms with E-state index in [1.807, 2.05) is 6.92 Å². The number of hydrogen-bond acceptors (Lipinski definition) is 4. The Morgan fingerprint density at radius 3 is 2.62 bits per heavy atom. The Balaban J connectivity index is 2.09. The highest BCUT2D eigenvalue weighted by Crippen LogP contribution is 2.19. The van der Waals surface area contributed by atoms with Crippen molar-refractivity contribution in [3.05, 3.63) is 41.6 Å². The zero-order valence-electron chi connectivity index (χ0n) is 11.1. The molecule has 0 aliphatic heterocycles. The molecule has 1 heterocycles. The van der Waals surface area contributed by atoms with Crippen molar-refractivity contribution in [3.63, 3.8) is 0 Å². The van der Waals surface area contributed by atoms with Gasteiger partial charge in [-0.15, -0.1) is 10.2 Å². The number of hydrogen-bond donors (Lipinski definition) is 1. The monoisotopic (exact) mass is 299 g/mol. The van der Waals surface area contributed by atoms with Crippen LogP contribution in [0, 0.1) is 0 Å². The van der Waals surface area contributed by atoms with E-state index in [9.17, 15) is 18.0 Å². The van der Waals surface area contributed by atoms with Crippen LogP contribution in [0.1, 0.15) is 24.3 Å². The minimum absolute atomic E-state index is 0.0602. The number of nitrogens with zero attached hydrogens (tertiary/aromatic N) is 2. The van der Waals surface area contributed by atoms with Crippen molar-refractivity contribution in [2.24, 2.45) is 0 Å². The van der Waals surface area contributed by atoms with E-state index in [4.69, 9.17) is 4.42 Å². The first kappa shape index (κ1) is 15.0. The molecule has 1 N–H and O–H groups in total. The average molecular weight is 299 g/mol. The Kier molecular flexibility index (Phi) is 4.25. The molecule has 0 atom stereocenters. The molecule has 0 radical (unpaired) electrons. The highest BCUT2D eigenvalue weighted by molar-refractivity contribution is 5.94. The van der Waals surface area contributed by atoms with Crippen LogP contribution in [-0.4, -0.2) is 22.3 Å². The lowest BCUT2D eigenvalue weighted by molar-refractivity contribution is -0.167. The molecule has 0 aliphatic rings. The molecule has 0 spiro atoms. The van der Waals surface area contributed by atoms with E-state index in [1.165, 1.54) is 12.1 Å². The summed E-state index contributed by atoms with van der Waals surface area (Å²) in [6.07, 6.45) is -4.03. The number of nitrogens with one attached hydrogen (secondary N) is 1. The van der Waals surface area contributed by atoms with Gasteiger partial charge in [0.1, 0.15) is 0 Å². The second-order valence-electron chi connectivity index (χ2n) is 4.27. The fraction of sp³-hybridized carbons (Fsp3) is 0.308. The van der Waals surface area contributed by atoms with Crippen LogP contribution in [0.3, 0.4) is 0 Å². The van der Waals surface area contributed by atoms with Crippen molar-refractivity contribution >= 4 is 11.6 Å². The van der Waals surface area contributed by atoms with E-state index in [-0.39, 0.29) is 12.1 Å². The Morgan fingerprint density at radius 1 is 1.29 bits per heavy atom. The van der Waals surface area contributed by atoms with Crippen molar-refractivity contribution in [1.82, 2.24) is 10.2 Å². The maximum absolute atomic E-state index is 12.2. The minimum atomic E-state index is -4.92. The molecule has 0 fully saturated rings. The largest absolute Gasteiger partial charge is 0.471 e. The second-order valence-corrected chi connectivity index (χ2v) is 4.27. The molecule has 2 rings (SSSR count). The lowest BCUT2D eigenvalue weighted by Crippen LogP contribution is -2.29. The number of aromatic nitrogens is 2. The molecule has 8 heteroatoms. The summed E-state index contributed by atoms with van der Waals surface area (Å²) in [4.78, 5) is 10.9. The number of alkyl halides is 3. The van der Waals surface area contributed by atoms with Crippen molar-refractivity contribution in [2.75, 3.05) is 5.32 Å². The van der Waals surface area contributed by atoms with E-state index >= 15 is 0 Å². The molecule has 0 aliphatic carbocycles. The van der Waals surface area contributed by atoms with Crippen molar-refractivity contribution in [1.29, 1.82) is 0 Å². The molecule has 112 valence electrons. The van der Waals surface area contributed by atoms with Gasteiger partial charge in [0.15, 0.2) is 0 Å². The summed E-state index contributed by atoms with van der Waals surface area (Å²) in [6, 6.07) is 6.04. The SMILES string of the molecule is CCc1nnc(Cc2cccc(NC(=O)C(F)(F)F)c2)o1. The maximum Gasteiger partial charge on any atom is 0.471 e. The lowest BCUT2D eigenvalue weighted by Gasteiger charge is -2.08. The van der Waals surface area contributed by atoms with Crippen LogP contribution >= 0.6 is 0 Å². The van der Waals surface area contributed by atoms with Gasteiger partial charge < -0.3 is 9.73 Å². The summed E-state index contributed by atoms with van der Waals surface area (Å²) in [5.41, 5.74) is 0.714. The Morgan fingerprint density at radius 2 is 2.00 bits per heavy atom. The van der Waals surface area contributed by atoms with Gasteiger partial charge in [0, 0.05) is 12.1 Å². The average Bonchev–Trinajstić information content (AvgIpc) is 2.85. The maximum atomic E-state index is 12.2. The summed E-state index contributed by atoms with van der Waals surface area (Å²) in [5, 5.41) is 9.42. The standard InChI is InChI=1S/C13H12F3N3O2/c1-2-10-18-19-11(21-10)7-8-4-3-5-9(6-8)17-12(20)13(14,15)16/h3-6H,2,7H2,1H3,(H,17,20). The highest BCUT2D eigenvalue weighted by Gasteiger charge is 2.38. The lowest BCUT2D eigenvalue weighted by atomic mass is 10.1. The number of anilines is 1. The van der Waals surface area contributed by atoms with Crippen LogP contribution in [0.15, 0.2) is 28.7 Å². The van der Waals surface area contributed by atoms with Crippen LogP contribution in [0.25, 0.3) is 0 Å². The summed E-state index contributed by atoms with van der Waals surface area (Å²) in [7, 11) is 0. The summed E-state index contributed by atoms with van der Waals surface area (Å²) in [5.74, 6) is -1.15. The van der Waals surface area contributed by atoms with Gasteiger partial charge in [-0.1, -0.05) is 19.1 Å². The van der Waals surface area contributed by atoms with Gasteiger partial charge in [-0.2, -0.15) is 13.2 Å². The first-order valence-electron chi connectivity index (χ1n) is 6.17. The number of rotatable bonds is 4. The fourth-order valence-corrected chi connectivity index (χ4v) is 1.64. The molecule has 21 heavy (non-hydrogen) atoms. The van der Waals surface area contributed by atoms with Crippen molar-refractivity contribution in [3.8, 4) is 0 Å². The zero-order chi connectivity index (χ0) is 15.5. The molecule has 0 bridgehead atoms. The van der Waals surface area contributed by atoms with Crippen LogP contribution in [0.2, 0.25) is 0 Å². The van der Waals surface area contributed by atoms with Gasteiger partial charge in [0.2, 0.25) is 11.8 Å². The molecular formula is C13H12F3N3O2.